The fourth-order valence-electron chi connectivity index (χ4n) is 2.05. The number of ketones is 1. The maximum atomic E-state index is 11.4. The number of rotatable bonds is 6. The molecule has 0 fully saturated rings. The van der Waals surface area contributed by atoms with Crippen molar-refractivity contribution in [3.63, 3.8) is 0 Å². The fourth-order valence-corrected chi connectivity index (χ4v) is 2.05. The van der Waals surface area contributed by atoms with Crippen LogP contribution in [0, 0.1) is 0 Å². The van der Waals surface area contributed by atoms with Crippen LogP contribution >= 0.6 is 0 Å². The minimum Gasteiger partial charge on any atom is -0.494 e. The Balaban J connectivity index is 1.62. The molecule has 0 saturated heterocycles. The Bertz CT molecular complexity index is 423. The Kier molecular flexibility index (Phi) is 4.53. The summed E-state index contributed by atoms with van der Waals surface area (Å²) in [5.41, 5.74) is 0.780. The smallest absolute Gasteiger partial charge is 0.161 e. The van der Waals surface area contributed by atoms with E-state index in [9.17, 15) is 9.90 Å². The molecule has 18 heavy (non-hydrogen) atoms. The quantitative estimate of drug-likeness (QED) is 0.784. The summed E-state index contributed by atoms with van der Waals surface area (Å²) in [6.07, 6.45) is 3.95. The minimum atomic E-state index is -0.562. The average Bonchev–Trinajstić information content (AvgIpc) is 2.69. The zero-order valence-corrected chi connectivity index (χ0v) is 10.3. The number of aliphatic hydroxyl groups excluding tert-OH is 1. The van der Waals surface area contributed by atoms with E-state index in [0.717, 1.165) is 30.6 Å². The number of ether oxygens (including phenoxy) is 1. The normalized spacial score (nSPS) is 18.8. The third kappa shape index (κ3) is 3.70. The molecular formula is C15H18O3. The first-order valence-corrected chi connectivity index (χ1v) is 6.35. The monoisotopic (exact) mass is 246 g/mol. The van der Waals surface area contributed by atoms with Gasteiger partial charge in [0.25, 0.3) is 0 Å². The van der Waals surface area contributed by atoms with Crippen LogP contribution in [0.15, 0.2) is 42.0 Å². The molecule has 1 unspecified atom stereocenters. The highest BCUT2D eigenvalue weighted by atomic mass is 16.5. The van der Waals surface area contributed by atoms with Crippen LogP contribution in [0.4, 0.5) is 0 Å². The van der Waals surface area contributed by atoms with Gasteiger partial charge in [-0.3, -0.25) is 4.79 Å². The van der Waals surface area contributed by atoms with E-state index in [1.54, 1.807) is 6.08 Å². The van der Waals surface area contributed by atoms with Gasteiger partial charge in [-0.1, -0.05) is 18.2 Å². The molecule has 0 heterocycles. The highest BCUT2D eigenvalue weighted by Gasteiger charge is 2.21. The van der Waals surface area contributed by atoms with Crippen LogP contribution in [0.2, 0.25) is 0 Å². The van der Waals surface area contributed by atoms with E-state index < -0.39 is 6.10 Å². The number of para-hydroxylation sites is 1. The van der Waals surface area contributed by atoms with Crippen molar-refractivity contribution in [3.05, 3.63) is 42.0 Å². The number of hydrogen-bond donors (Lipinski definition) is 1. The Morgan fingerprint density at radius 2 is 2.00 bits per heavy atom. The van der Waals surface area contributed by atoms with Crippen molar-refractivity contribution in [1.82, 2.24) is 0 Å². The number of aliphatic hydroxyl groups is 1. The summed E-state index contributed by atoms with van der Waals surface area (Å²) in [6, 6.07) is 9.70. The van der Waals surface area contributed by atoms with Crippen LogP contribution in [-0.4, -0.2) is 23.6 Å². The van der Waals surface area contributed by atoms with Crippen molar-refractivity contribution in [2.75, 3.05) is 6.61 Å². The Morgan fingerprint density at radius 3 is 2.67 bits per heavy atom. The molecule has 1 aromatic rings. The average molecular weight is 246 g/mol. The molecule has 0 saturated carbocycles. The van der Waals surface area contributed by atoms with Gasteiger partial charge in [0.1, 0.15) is 5.75 Å². The predicted octanol–water partition coefficient (Wildman–Crippen LogP) is 2.50. The lowest BCUT2D eigenvalue weighted by atomic mass is 10.1. The maximum Gasteiger partial charge on any atom is 0.161 e. The summed E-state index contributed by atoms with van der Waals surface area (Å²) < 4.78 is 5.56. The molecule has 0 aromatic heterocycles. The lowest BCUT2D eigenvalue weighted by Crippen LogP contribution is -2.02. The van der Waals surface area contributed by atoms with Gasteiger partial charge in [-0.25, -0.2) is 0 Å². The third-order valence-electron chi connectivity index (χ3n) is 3.00. The first kappa shape index (κ1) is 12.8. The summed E-state index contributed by atoms with van der Waals surface area (Å²) >= 11 is 0. The van der Waals surface area contributed by atoms with Gasteiger partial charge >= 0.3 is 0 Å². The van der Waals surface area contributed by atoms with Crippen LogP contribution in [-0.2, 0) is 4.79 Å². The summed E-state index contributed by atoms with van der Waals surface area (Å²) in [5.74, 6) is 0.968. The van der Waals surface area contributed by atoms with Crippen molar-refractivity contribution in [2.24, 2.45) is 0 Å². The van der Waals surface area contributed by atoms with Crippen LogP contribution in [0.1, 0.15) is 25.7 Å². The van der Waals surface area contributed by atoms with Gasteiger partial charge in [-0.15, -0.1) is 0 Å². The molecule has 1 aliphatic carbocycles. The van der Waals surface area contributed by atoms with Crippen LogP contribution < -0.4 is 4.74 Å². The molecule has 0 amide bonds. The molecular weight excluding hydrogens is 228 g/mol. The minimum absolute atomic E-state index is 0.0893. The highest BCUT2D eigenvalue weighted by Crippen LogP contribution is 2.20. The number of Topliss-reactive ketones (excluding diaryl/α,β-unsaturated/α-hetero) is 1. The molecule has 96 valence electrons. The van der Waals surface area contributed by atoms with Gasteiger partial charge in [-0.05, 0) is 43.0 Å². The largest absolute Gasteiger partial charge is 0.494 e. The fraction of sp³-hybridized carbons (Fsp3) is 0.400. The summed E-state index contributed by atoms with van der Waals surface area (Å²) in [6.45, 7) is 0.661. The van der Waals surface area contributed by atoms with E-state index in [0.29, 0.717) is 6.61 Å². The lowest BCUT2D eigenvalue weighted by molar-refractivity contribution is -0.116. The zero-order chi connectivity index (χ0) is 12.8. The standard InChI is InChI=1S/C15H18O3/c16-13-10-12(15(17)11-13)6-4-5-9-18-14-7-2-1-3-8-14/h1-3,7-8,10,13,16H,4-6,9,11H2. The van der Waals surface area contributed by atoms with E-state index in [4.69, 9.17) is 4.74 Å². The topological polar surface area (TPSA) is 46.5 Å². The summed E-state index contributed by atoms with van der Waals surface area (Å²) in [4.78, 5) is 11.4. The molecule has 3 heteroatoms. The van der Waals surface area contributed by atoms with Crippen molar-refractivity contribution in [3.8, 4) is 5.75 Å². The molecule has 0 spiro atoms. The Labute approximate surface area is 107 Å². The van der Waals surface area contributed by atoms with Gasteiger partial charge in [0, 0.05) is 6.42 Å². The second kappa shape index (κ2) is 6.36. The molecule has 1 aromatic carbocycles. The number of benzene rings is 1. The molecule has 2 rings (SSSR count). The number of allylic oxidation sites excluding steroid dienone is 1. The van der Waals surface area contributed by atoms with Crippen molar-refractivity contribution >= 4 is 5.78 Å². The second-order valence-corrected chi connectivity index (χ2v) is 4.51. The molecule has 0 bridgehead atoms. The zero-order valence-electron chi connectivity index (χ0n) is 10.3. The molecule has 3 nitrogen and oxygen atoms in total. The Morgan fingerprint density at radius 1 is 1.22 bits per heavy atom. The molecule has 0 radical (unpaired) electrons. The molecule has 1 aliphatic rings. The first-order chi connectivity index (χ1) is 8.75. The van der Waals surface area contributed by atoms with Crippen LogP contribution in [0.25, 0.3) is 0 Å². The van der Waals surface area contributed by atoms with Gasteiger partial charge in [0.05, 0.1) is 12.7 Å². The SMILES string of the molecule is O=C1CC(O)C=C1CCCCOc1ccccc1. The number of unbranched alkanes of at least 4 members (excludes halogenated alkanes) is 1. The van der Waals surface area contributed by atoms with E-state index in [-0.39, 0.29) is 12.2 Å². The third-order valence-corrected chi connectivity index (χ3v) is 3.00. The van der Waals surface area contributed by atoms with Crippen molar-refractivity contribution in [2.45, 2.75) is 31.8 Å². The maximum absolute atomic E-state index is 11.4. The second-order valence-electron chi connectivity index (χ2n) is 4.51. The van der Waals surface area contributed by atoms with Gasteiger partial charge in [-0.2, -0.15) is 0 Å². The van der Waals surface area contributed by atoms with Crippen LogP contribution in [0.3, 0.4) is 0 Å². The first-order valence-electron chi connectivity index (χ1n) is 6.35. The Hall–Kier alpha value is -1.61. The van der Waals surface area contributed by atoms with E-state index in [1.807, 2.05) is 30.3 Å². The molecule has 0 aliphatic heterocycles. The van der Waals surface area contributed by atoms with Crippen LogP contribution in [0.5, 0.6) is 5.75 Å². The van der Waals surface area contributed by atoms with Gasteiger partial charge in [0.15, 0.2) is 5.78 Å². The van der Waals surface area contributed by atoms with E-state index >= 15 is 0 Å². The highest BCUT2D eigenvalue weighted by molar-refractivity contribution is 5.98. The van der Waals surface area contributed by atoms with Gasteiger partial charge < -0.3 is 9.84 Å². The van der Waals surface area contributed by atoms with Crippen molar-refractivity contribution < 1.29 is 14.6 Å². The summed E-state index contributed by atoms with van der Waals surface area (Å²) in [7, 11) is 0. The summed E-state index contributed by atoms with van der Waals surface area (Å²) in [5, 5.41) is 9.30. The number of hydrogen-bond acceptors (Lipinski definition) is 3. The van der Waals surface area contributed by atoms with Gasteiger partial charge in [0.2, 0.25) is 0 Å². The molecule has 1 atom stereocenters. The molecule has 1 N–H and O–H groups in total. The lowest BCUT2D eigenvalue weighted by Gasteiger charge is -2.05. The predicted molar refractivity (Wildman–Crippen MR) is 69.5 cm³/mol. The van der Waals surface area contributed by atoms with Crippen molar-refractivity contribution in [1.29, 1.82) is 0 Å². The number of carbonyl (C=O) groups is 1. The van der Waals surface area contributed by atoms with E-state index in [1.165, 1.54) is 0 Å². The number of carbonyl (C=O) groups excluding carboxylic acids is 1. The van der Waals surface area contributed by atoms with E-state index in [2.05, 4.69) is 0 Å².